The lowest BCUT2D eigenvalue weighted by Gasteiger charge is -2.12. The summed E-state index contributed by atoms with van der Waals surface area (Å²) in [6.45, 7) is 1.80. The molecule has 0 aromatic heterocycles. The van der Waals surface area contributed by atoms with E-state index in [0.29, 0.717) is 17.9 Å². The number of allylic oxidation sites excluding steroid dienone is 1. The Labute approximate surface area is 136 Å². The van der Waals surface area contributed by atoms with Gasteiger partial charge in [0.15, 0.2) is 9.84 Å². The zero-order chi connectivity index (χ0) is 17.0. The Bertz CT molecular complexity index is 724. The molecule has 1 fully saturated rings. The minimum Gasteiger partial charge on any atom is -0.497 e. The van der Waals surface area contributed by atoms with Crippen LogP contribution in [0.3, 0.4) is 0 Å². The van der Waals surface area contributed by atoms with E-state index in [9.17, 15) is 13.2 Å². The molecular formula is C16H21NO5S. The monoisotopic (exact) mass is 339 g/mol. The molecule has 1 aliphatic rings. The van der Waals surface area contributed by atoms with Gasteiger partial charge < -0.3 is 14.8 Å². The predicted molar refractivity (Wildman–Crippen MR) is 88.4 cm³/mol. The highest BCUT2D eigenvalue weighted by molar-refractivity contribution is 7.91. The van der Waals surface area contributed by atoms with Crippen molar-refractivity contribution in [1.29, 1.82) is 0 Å². The maximum atomic E-state index is 12.1. The van der Waals surface area contributed by atoms with Gasteiger partial charge >= 0.3 is 0 Å². The molecule has 1 unspecified atom stereocenters. The van der Waals surface area contributed by atoms with Crippen molar-refractivity contribution in [2.75, 3.05) is 25.7 Å². The normalized spacial score (nSPS) is 20.1. The molecule has 0 saturated carbocycles. The van der Waals surface area contributed by atoms with Gasteiger partial charge in [-0.2, -0.15) is 0 Å². The lowest BCUT2D eigenvalue weighted by atomic mass is 10.1. The van der Waals surface area contributed by atoms with Crippen molar-refractivity contribution >= 4 is 21.3 Å². The number of amides is 1. The number of methoxy groups -OCH3 is 2. The molecule has 126 valence electrons. The van der Waals surface area contributed by atoms with Crippen LogP contribution in [0.25, 0.3) is 5.57 Å². The second-order valence-corrected chi connectivity index (χ2v) is 7.73. The van der Waals surface area contributed by atoms with Crippen LogP contribution in [-0.4, -0.2) is 46.1 Å². The number of carbonyl (C=O) groups excluding carboxylic acids is 1. The summed E-state index contributed by atoms with van der Waals surface area (Å²) in [6, 6.07) is 5.04. The number of benzene rings is 1. The summed E-state index contributed by atoms with van der Waals surface area (Å²) in [5.74, 6) is 1.11. The average molecular weight is 339 g/mol. The van der Waals surface area contributed by atoms with Gasteiger partial charge in [-0.05, 0) is 31.1 Å². The number of sulfone groups is 1. The Hall–Kier alpha value is -2.02. The lowest BCUT2D eigenvalue weighted by Crippen LogP contribution is -2.34. The van der Waals surface area contributed by atoms with E-state index in [4.69, 9.17) is 9.47 Å². The van der Waals surface area contributed by atoms with Crippen molar-refractivity contribution in [3.8, 4) is 11.5 Å². The maximum absolute atomic E-state index is 12.1. The Morgan fingerprint density at radius 1 is 1.30 bits per heavy atom. The first kappa shape index (κ1) is 17.3. The third-order valence-corrected chi connectivity index (χ3v) is 5.53. The first-order valence-electron chi connectivity index (χ1n) is 7.26. The van der Waals surface area contributed by atoms with Gasteiger partial charge in [0.05, 0.1) is 25.7 Å². The minimum absolute atomic E-state index is 0.0114. The van der Waals surface area contributed by atoms with Crippen LogP contribution in [0.15, 0.2) is 24.3 Å². The van der Waals surface area contributed by atoms with E-state index in [2.05, 4.69) is 5.32 Å². The predicted octanol–water partition coefficient (Wildman–Crippen LogP) is 1.41. The standard InChI is InChI=1S/C16H21NO5S/c1-11(14-5-4-13(21-2)9-15(14)22-3)8-16(18)17-12-6-7-23(19,20)10-12/h4-5,8-9,12H,6-7,10H2,1-3H3,(H,17,18)/b11-8+. The molecule has 2 rings (SSSR count). The van der Waals surface area contributed by atoms with Crippen LogP contribution in [0.5, 0.6) is 11.5 Å². The van der Waals surface area contributed by atoms with E-state index < -0.39 is 9.84 Å². The lowest BCUT2D eigenvalue weighted by molar-refractivity contribution is -0.116. The van der Waals surface area contributed by atoms with Crippen molar-refractivity contribution < 1.29 is 22.7 Å². The number of carbonyl (C=O) groups is 1. The molecule has 1 aromatic rings. The molecule has 0 radical (unpaired) electrons. The molecule has 1 heterocycles. The molecule has 1 saturated heterocycles. The zero-order valence-electron chi connectivity index (χ0n) is 13.5. The quantitative estimate of drug-likeness (QED) is 0.820. The van der Waals surface area contributed by atoms with Gasteiger partial charge in [-0.3, -0.25) is 4.79 Å². The Morgan fingerprint density at radius 2 is 2.04 bits per heavy atom. The number of rotatable bonds is 5. The van der Waals surface area contributed by atoms with Crippen LogP contribution < -0.4 is 14.8 Å². The van der Waals surface area contributed by atoms with Crippen molar-refractivity contribution in [2.45, 2.75) is 19.4 Å². The van der Waals surface area contributed by atoms with Crippen molar-refractivity contribution in [1.82, 2.24) is 5.32 Å². The van der Waals surface area contributed by atoms with Crippen molar-refractivity contribution in [3.05, 3.63) is 29.8 Å². The van der Waals surface area contributed by atoms with Crippen molar-refractivity contribution in [3.63, 3.8) is 0 Å². The molecule has 23 heavy (non-hydrogen) atoms. The summed E-state index contributed by atoms with van der Waals surface area (Å²) in [6.07, 6.45) is 1.92. The smallest absolute Gasteiger partial charge is 0.244 e. The largest absolute Gasteiger partial charge is 0.497 e. The van der Waals surface area contributed by atoms with E-state index in [0.717, 1.165) is 11.1 Å². The number of hydrogen-bond acceptors (Lipinski definition) is 5. The molecule has 1 aliphatic heterocycles. The van der Waals surface area contributed by atoms with E-state index in [1.807, 2.05) is 6.07 Å². The van der Waals surface area contributed by atoms with Crippen LogP contribution >= 0.6 is 0 Å². The molecule has 0 spiro atoms. The Balaban J connectivity index is 2.11. The van der Waals surface area contributed by atoms with Gasteiger partial charge in [0, 0.05) is 23.7 Å². The second kappa shape index (κ2) is 7.04. The van der Waals surface area contributed by atoms with Crippen molar-refractivity contribution in [2.24, 2.45) is 0 Å². The molecule has 0 bridgehead atoms. The fourth-order valence-corrected chi connectivity index (χ4v) is 4.22. The third kappa shape index (κ3) is 4.48. The van der Waals surface area contributed by atoms with E-state index in [1.54, 1.807) is 33.3 Å². The van der Waals surface area contributed by atoms with Gasteiger partial charge in [0.2, 0.25) is 5.91 Å². The summed E-state index contributed by atoms with van der Waals surface area (Å²) >= 11 is 0. The SMILES string of the molecule is COc1ccc(/C(C)=C/C(=O)NC2CCS(=O)(=O)C2)c(OC)c1. The molecule has 7 heteroatoms. The van der Waals surface area contributed by atoms with Crippen LogP contribution in [0.4, 0.5) is 0 Å². The third-order valence-electron chi connectivity index (χ3n) is 3.76. The van der Waals surface area contributed by atoms with E-state index >= 15 is 0 Å². The fourth-order valence-electron chi connectivity index (χ4n) is 2.55. The number of nitrogens with one attached hydrogen (secondary N) is 1. The highest BCUT2D eigenvalue weighted by Crippen LogP contribution is 2.29. The molecular weight excluding hydrogens is 318 g/mol. The maximum Gasteiger partial charge on any atom is 0.244 e. The highest BCUT2D eigenvalue weighted by atomic mass is 32.2. The first-order chi connectivity index (χ1) is 10.8. The van der Waals surface area contributed by atoms with E-state index in [1.165, 1.54) is 6.08 Å². The Kier molecular flexibility index (Phi) is 5.30. The van der Waals surface area contributed by atoms with Crippen LogP contribution in [0, 0.1) is 0 Å². The van der Waals surface area contributed by atoms with Gasteiger partial charge in [0.25, 0.3) is 0 Å². The van der Waals surface area contributed by atoms with Gasteiger partial charge in [-0.25, -0.2) is 8.42 Å². The molecule has 0 aliphatic carbocycles. The molecule has 1 aromatic carbocycles. The summed E-state index contributed by atoms with van der Waals surface area (Å²) in [4.78, 5) is 12.1. The molecule has 1 atom stereocenters. The average Bonchev–Trinajstić information content (AvgIpc) is 2.84. The molecule has 1 N–H and O–H groups in total. The van der Waals surface area contributed by atoms with E-state index in [-0.39, 0.29) is 23.5 Å². The van der Waals surface area contributed by atoms with Gasteiger partial charge in [-0.1, -0.05) is 0 Å². The summed E-state index contributed by atoms with van der Waals surface area (Å²) in [5.41, 5.74) is 1.50. The fraction of sp³-hybridized carbons (Fsp3) is 0.438. The van der Waals surface area contributed by atoms with Gasteiger partial charge in [-0.15, -0.1) is 0 Å². The highest BCUT2D eigenvalue weighted by Gasteiger charge is 2.28. The minimum atomic E-state index is -3.01. The number of ether oxygens (including phenoxy) is 2. The molecule has 1 amide bonds. The van der Waals surface area contributed by atoms with Crippen LogP contribution in [0.1, 0.15) is 18.9 Å². The topological polar surface area (TPSA) is 81.7 Å². The Morgan fingerprint density at radius 3 is 2.61 bits per heavy atom. The first-order valence-corrected chi connectivity index (χ1v) is 9.08. The van der Waals surface area contributed by atoms with Crippen LogP contribution in [-0.2, 0) is 14.6 Å². The van der Waals surface area contributed by atoms with Gasteiger partial charge in [0.1, 0.15) is 11.5 Å². The van der Waals surface area contributed by atoms with Crippen LogP contribution in [0.2, 0.25) is 0 Å². The second-order valence-electron chi connectivity index (χ2n) is 5.50. The summed E-state index contributed by atoms with van der Waals surface area (Å²) in [7, 11) is 0.111. The summed E-state index contributed by atoms with van der Waals surface area (Å²) in [5, 5.41) is 2.74. The summed E-state index contributed by atoms with van der Waals surface area (Å²) < 4.78 is 33.3. The number of hydrogen-bond donors (Lipinski definition) is 1. The zero-order valence-corrected chi connectivity index (χ0v) is 14.3. The molecule has 6 nitrogen and oxygen atoms in total.